The van der Waals surface area contributed by atoms with Crippen LogP contribution in [0.3, 0.4) is 0 Å². The fourth-order valence-corrected chi connectivity index (χ4v) is 3.49. The summed E-state index contributed by atoms with van der Waals surface area (Å²) in [6.07, 6.45) is 2.44. The van der Waals surface area contributed by atoms with Gasteiger partial charge >= 0.3 is 0 Å². The Labute approximate surface area is 179 Å². The van der Waals surface area contributed by atoms with Crippen molar-refractivity contribution in [3.05, 3.63) is 69.8 Å². The number of amides is 1. The number of para-hydroxylation sites is 1. The fourth-order valence-electron chi connectivity index (χ4n) is 2.98. The van der Waals surface area contributed by atoms with E-state index in [9.17, 15) is 4.79 Å². The van der Waals surface area contributed by atoms with Gasteiger partial charge in [-0.1, -0.05) is 41.4 Å². The maximum atomic E-state index is 12.4. The normalized spacial score (nSPS) is 10.6. The molecule has 0 aliphatic carbocycles. The number of nitrogens with zero attached hydrogens (tertiary/aromatic N) is 2. The lowest BCUT2D eigenvalue weighted by atomic mass is 10.1. The van der Waals surface area contributed by atoms with Gasteiger partial charge in [-0.25, -0.2) is 4.68 Å². The van der Waals surface area contributed by atoms with Gasteiger partial charge in [0.2, 0.25) is 5.91 Å². The van der Waals surface area contributed by atoms with Crippen molar-refractivity contribution in [1.82, 2.24) is 9.78 Å². The van der Waals surface area contributed by atoms with Crippen LogP contribution in [-0.4, -0.2) is 29.9 Å². The molecule has 0 fully saturated rings. The first-order chi connectivity index (χ1) is 14.0. The van der Waals surface area contributed by atoms with E-state index in [1.54, 1.807) is 43.3 Å². The van der Waals surface area contributed by atoms with Crippen LogP contribution in [0.5, 0.6) is 11.5 Å². The Morgan fingerprint density at radius 1 is 1.10 bits per heavy atom. The summed E-state index contributed by atoms with van der Waals surface area (Å²) in [4.78, 5) is 12.4. The van der Waals surface area contributed by atoms with Gasteiger partial charge in [0.05, 0.1) is 27.0 Å². The molecule has 0 atom stereocenters. The van der Waals surface area contributed by atoms with Crippen molar-refractivity contribution in [1.29, 1.82) is 0 Å². The number of aryl methyl sites for hydroxylation is 1. The van der Waals surface area contributed by atoms with E-state index < -0.39 is 0 Å². The Morgan fingerprint density at radius 3 is 2.66 bits per heavy atom. The zero-order valence-electron chi connectivity index (χ0n) is 16.1. The highest BCUT2D eigenvalue weighted by molar-refractivity contribution is 6.35. The number of methoxy groups -OCH3 is 2. The maximum Gasteiger partial charge on any atom is 0.225 e. The van der Waals surface area contributed by atoms with Crippen molar-refractivity contribution in [3.63, 3.8) is 0 Å². The highest BCUT2D eigenvalue weighted by Crippen LogP contribution is 2.31. The molecule has 6 nitrogen and oxygen atoms in total. The highest BCUT2D eigenvalue weighted by atomic mass is 35.5. The SMILES string of the molecule is COc1cccc(Cn2nccc2NC(=O)CCc2ccc(Cl)cc2Cl)c1OC. The number of hydrogen-bond donors (Lipinski definition) is 1. The fraction of sp³-hybridized carbons (Fsp3) is 0.238. The first-order valence-corrected chi connectivity index (χ1v) is 9.73. The predicted molar refractivity (Wildman–Crippen MR) is 114 cm³/mol. The Kier molecular flexibility index (Phi) is 7.01. The van der Waals surface area contributed by atoms with E-state index in [0.717, 1.165) is 11.1 Å². The second-order valence-electron chi connectivity index (χ2n) is 6.31. The van der Waals surface area contributed by atoms with Crippen LogP contribution in [0.4, 0.5) is 5.82 Å². The molecule has 0 spiro atoms. The molecule has 0 saturated heterocycles. The molecule has 0 aliphatic heterocycles. The average molecular weight is 434 g/mol. The van der Waals surface area contributed by atoms with E-state index in [0.29, 0.717) is 40.3 Å². The Balaban J connectivity index is 1.67. The molecule has 0 radical (unpaired) electrons. The highest BCUT2D eigenvalue weighted by Gasteiger charge is 2.13. The first kappa shape index (κ1) is 21.0. The Bertz CT molecular complexity index is 1000. The van der Waals surface area contributed by atoms with Crippen molar-refractivity contribution in [3.8, 4) is 11.5 Å². The number of anilines is 1. The second-order valence-corrected chi connectivity index (χ2v) is 7.15. The van der Waals surface area contributed by atoms with Crippen LogP contribution in [0.25, 0.3) is 0 Å². The Morgan fingerprint density at radius 2 is 1.93 bits per heavy atom. The van der Waals surface area contributed by atoms with E-state index in [2.05, 4.69) is 10.4 Å². The standard InChI is InChI=1S/C21H21Cl2N3O3/c1-28-18-5-3-4-15(21(18)29-2)13-26-19(10-11-24-26)25-20(27)9-7-14-6-8-16(22)12-17(14)23/h3-6,8,10-12H,7,9,13H2,1-2H3,(H,25,27). The largest absolute Gasteiger partial charge is 0.493 e. The maximum absolute atomic E-state index is 12.4. The van der Waals surface area contributed by atoms with Crippen LogP contribution >= 0.6 is 23.2 Å². The van der Waals surface area contributed by atoms with Gasteiger partial charge in [0.1, 0.15) is 5.82 Å². The molecule has 152 valence electrons. The monoisotopic (exact) mass is 433 g/mol. The molecule has 0 unspecified atom stereocenters. The van der Waals surface area contributed by atoms with E-state index in [1.165, 1.54) is 0 Å². The van der Waals surface area contributed by atoms with Crippen molar-refractivity contribution >= 4 is 34.9 Å². The molecule has 0 aliphatic rings. The number of hydrogen-bond acceptors (Lipinski definition) is 4. The Hall–Kier alpha value is -2.70. The number of ether oxygens (including phenoxy) is 2. The van der Waals surface area contributed by atoms with E-state index in [-0.39, 0.29) is 12.3 Å². The summed E-state index contributed by atoms with van der Waals surface area (Å²) >= 11 is 12.1. The number of carbonyl (C=O) groups excluding carboxylic acids is 1. The zero-order valence-corrected chi connectivity index (χ0v) is 17.6. The minimum absolute atomic E-state index is 0.129. The summed E-state index contributed by atoms with van der Waals surface area (Å²) < 4.78 is 12.5. The van der Waals surface area contributed by atoms with Gasteiger partial charge in [-0.3, -0.25) is 4.79 Å². The smallest absolute Gasteiger partial charge is 0.225 e. The molecule has 1 amide bonds. The minimum atomic E-state index is -0.129. The average Bonchev–Trinajstić information content (AvgIpc) is 3.13. The summed E-state index contributed by atoms with van der Waals surface area (Å²) in [5.41, 5.74) is 1.76. The van der Waals surface area contributed by atoms with Crippen molar-refractivity contribution in [2.75, 3.05) is 19.5 Å². The van der Waals surface area contributed by atoms with E-state index >= 15 is 0 Å². The van der Waals surface area contributed by atoms with Crippen LogP contribution in [0.15, 0.2) is 48.7 Å². The van der Waals surface area contributed by atoms with Gasteiger partial charge in [-0.05, 0) is 30.2 Å². The molecule has 2 aromatic carbocycles. The molecular weight excluding hydrogens is 413 g/mol. The van der Waals surface area contributed by atoms with E-state index in [4.69, 9.17) is 32.7 Å². The van der Waals surface area contributed by atoms with Crippen molar-refractivity contribution in [2.24, 2.45) is 0 Å². The van der Waals surface area contributed by atoms with Gasteiger partial charge < -0.3 is 14.8 Å². The molecule has 3 rings (SSSR count). The van der Waals surface area contributed by atoms with Gasteiger partial charge in [-0.2, -0.15) is 5.10 Å². The number of carbonyl (C=O) groups is 1. The topological polar surface area (TPSA) is 65.4 Å². The molecule has 3 aromatic rings. The predicted octanol–water partition coefficient (Wildman–Crippen LogP) is 4.83. The summed E-state index contributed by atoms with van der Waals surface area (Å²) in [7, 11) is 3.18. The third-order valence-electron chi connectivity index (χ3n) is 4.43. The van der Waals surface area contributed by atoms with Crippen LogP contribution in [0, 0.1) is 0 Å². The molecule has 8 heteroatoms. The molecule has 1 N–H and O–H groups in total. The van der Waals surface area contributed by atoms with Crippen LogP contribution < -0.4 is 14.8 Å². The van der Waals surface area contributed by atoms with Gasteiger partial charge in [0.25, 0.3) is 0 Å². The number of nitrogens with one attached hydrogen (secondary N) is 1. The summed E-state index contributed by atoms with van der Waals surface area (Å²) in [6.45, 7) is 0.423. The minimum Gasteiger partial charge on any atom is -0.493 e. The molecule has 29 heavy (non-hydrogen) atoms. The van der Waals surface area contributed by atoms with Crippen molar-refractivity contribution < 1.29 is 14.3 Å². The third-order valence-corrected chi connectivity index (χ3v) is 5.01. The lowest BCUT2D eigenvalue weighted by Crippen LogP contribution is -2.16. The first-order valence-electron chi connectivity index (χ1n) is 8.97. The summed E-state index contributed by atoms with van der Waals surface area (Å²) in [5.74, 6) is 1.75. The van der Waals surface area contributed by atoms with Crippen molar-refractivity contribution in [2.45, 2.75) is 19.4 Å². The van der Waals surface area contributed by atoms with Crippen LogP contribution in [0.1, 0.15) is 17.5 Å². The van der Waals surface area contributed by atoms with Gasteiger partial charge in [0.15, 0.2) is 11.5 Å². The number of rotatable bonds is 8. The van der Waals surface area contributed by atoms with Crippen LogP contribution in [-0.2, 0) is 17.8 Å². The summed E-state index contributed by atoms with van der Waals surface area (Å²) in [6, 6.07) is 12.7. The molecule has 1 heterocycles. The quantitative estimate of drug-likeness (QED) is 0.552. The summed E-state index contributed by atoms with van der Waals surface area (Å²) in [5, 5.41) is 8.33. The van der Waals surface area contributed by atoms with Gasteiger partial charge in [-0.15, -0.1) is 0 Å². The number of aromatic nitrogens is 2. The second kappa shape index (κ2) is 9.67. The lowest BCUT2D eigenvalue weighted by molar-refractivity contribution is -0.116. The van der Waals surface area contributed by atoms with Crippen LogP contribution in [0.2, 0.25) is 10.0 Å². The zero-order chi connectivity index (χ0) is 20.8. The molecular formula is C21H21Cl2N3O3. The number of benzene rings is 2. The number of halogens is 2. The molecule has 0 saturated carbocycles. The molecule has 0 bridgehead atoms. The van der Waals surface area contributed by atoms with Gasteiger partial charge in [0, 0.05) is 28.1 Å². The van der Waals surface area contributed by atoms with E-state index in [1.807, 2.05) is 24.3 Å². The molecule has 1 aromatic heterocycles. The third kappa shape index (κ3) is 5.22. The lowest BCUT2D eigenvalue weighted by Gasteiger charge is -2.14.